The molecule has 2 unspecified atom stereocenters. The van der Waals surface area contributed by atoms with E-state index in [9.17, 15) is 14.3 Å². The number of hydrogen-bond donors (Lipinski definition) is 3. The number of aliphatic hydroxyl groups is 1. The molecular formula is C18H23FN2O3. The standard InChI is InChI=1S/C18H23FN2O3/c1-18(2,3)16(12-6-8-13(19)9-7-12)21-17(23)20-11-14(22)15-5-4-10-24-15/h4-10,14,16,22H,11H2,1-3H3,(H2,20,21,23). The van der Waals surface area contributed by atoms with Crippen molar-refractivity contribution in [1.82, 2.24) is 10.6 Å². The lowest BCUT2D eigenvalue weighted by Gasteiger charge is -2.32. The highest BCUT2D eigenvalue weighted by Crippen LogP contribution is 2.32. The van der Waals surface area contributed by atoms with Crippen molar-refractivity contribution < 1.29 is 18.7 Å². The number of hydrogen-bond acceptors (Lipinski definition) is 3. The number of furan rings is 1. The fourth-order valence-electron chi connectivity index (χ4n) is 2.41. The molecular weight excluding hydrogens is 311 g/mol. The zero-order chi connectivity index (χ0) is 17.7. The van der Waals surface area contributed by atoms with Crippen LogP contribution in [0, 0.1) is 11.2 Å². The van der Waals surface area contributed by atoms with E-state index in [1.807, 2.05) is 20.8 Å². The summed E-state index contributed by atoms with van der Waals surface area (Å²) in [5.41, 5.74) is 0.542. The third-order valence-corrected chi connectivity index (χ3v) is 3.67. The minimum absolute atomic E-state index is 0.0274. The van der Waals surface area contributed by atoms with Crippen molar-refractivity contribution >= 4 is 6.03 Å². The first-order valence-corrected chi connectivity index (χ1v) is 7.78. The van der Waals surface area contributed by atoms with E-state index in [1.165, 1.54) is 18.4 Å². The minimum atomic E-state index is -0.912. The van der Waals surface area contributed by atoms with Gasteiger partial charge in [0.05, 0.1) is 18.8 Å². The molecule has 0 fully saturated rings. The molecule has 5 nitrogen and oxygen atoms in total. The lowest BCUT2D eigenvalue weighted by molar-refractivity contribution is 0.146. The molecule has 2 atom stereocenters. The zero-order valence-corrected chi connectivity index (χ0v) is 14.0. The van der Waals surface area contributed by atoms with Crippen LogP contribution < -0.4 is 10.6 Å². The number of nitrogens with one attached hydrogen (secondary N) is 2. The van der Waals surface area contributed by atoms with Crippen LogP contribution in [0.25, 0.3) is 0 Å². The highest BCUT2D eigenvalue weighted by atomic mass is 19.1. The molecule has 0 bridgehead atoms. The van der Waals surface area contributed by atoms with Gasteiger partial charge in [0.2, 0.25) is 0 Å². The molecule has 1 heterocycles. The summed E-state index contributed by atoms with van der Waals surface area (Å²) in [6.45, 7) is 5.98. The summed E-state index contributed by atoms with van der Waals surface area (Å²) in [5.74, 6) is 0.0682. The largest absolute Gasteiger partial charge is 0.467 e. The summed E-state index contributed by atoms with van der Waals surface area (Å²) < 4.78 is 18.2. The van der Waals surface area contributed by atoms with E-state index in [1.54, 1.807) is 24.3 Å². The number of carbonyl (C=O) groups is 1. The molecule has 0 aliphatic heterocycles. The second-order valence-electron chi connectivity index (χ2n) is 6.74. The summed E-state index contributed by atoms with van der Waals surface area (Å²) in [4.78, 5) is 12.2. The van der Waals surface area contributed by atoms with E-state index in [0.29, 0.717) is 5.76 Å². The number of carbonyl (C=O) groups excluding carboxylic acids is 1. The van der Waals surface area contributed by atoms with Gasteiger partial charge in [0.25, 0.3) is 0 Å². The fourth-order valence-corrected chi connectivity index (χ4v) is 2.41. The summed E-state index contributed by atoms with van der Waals surface area (Å²) >= 11 is 0. The fraction of sp³-hybridized carbons (Fsp3) is 0.389. The highest BCUT2D eigenvalue weighted by Gasteiger charge is 2.28. The third-order valence-electron chi connectivity index (χ3n) is 3.67. The van der Waals surface area contributed by atoms with Gasteiger partial charge in [-0.3, -0.25) is 0 Å². The molecule has 2 aromatic rings. The van der Waals surface area contributed by atoms with Crippen molar-refractivity contribution in [2.75, 3.05) is 6.54 Å². The summed E-state index contributed by atoms with van der Waals surface area (Å²) in [6, 6.07) is 8.64. The van der Waals surface area contributed by atoms with Gasteiger partial charge in [-0.15, -0.1) is 0 Å². The normalized spacial score (nSPS) is 14.0. The predicted octanol–water partition coefficient (Wildman–Crippen LogP) is 3.54. The third kappa shape index (κ3) is 4.83. The Kier molecular flexibility index (Phi) is 5.62. The van der Waals surface area contributed by atoms with Crippen molar-refractivity contribution in [3.8, 4) is 0 Å². The van der Waals surface area contributed by atoms with Crippen LogP contribution in [0.5, 0.6) is 0 Å². The molecule has 6 heteroatoms. The summed E-state index contributed by atoms with van der Waals surface area (Å²) in [5, 5.41) is 15.4. The second-order valence-corrected chi connectivity index (χ2v) is 6.74. The molecule has 24 heavy (non-hydrogen) atoms. The van der Waals surface area contributed by atoms with Gasteiger partial charge >= 0.3 is 6.03 Å². The SMILES string of the molecule is CC(C)(C)C(NC(=O)NCC(O)c1ccco1)c1ccc(F)cc1. The Morgan fingerprint density at radius 3 is 2.46 bits per heavy atom. The molecule has 0 saturated heterocycles. The molecule has 0 aliphatic carbocycles. The van der Waals surface area contributed by atoms with Gasteiger partial charge < -0.3 is 20.2 Å². The van der Waals surface area contributed by atoms with Crippen molar-refractivity contribution in [1.29, 1.82) is 0 Å². The first-order chi connectivity index (χ1) is 11.3. The van der Waals surface area contributed by atoms with Crippen LogP contribution >= 0.6 is 0 Å². The van der Waals surface area contributed by atoms with Gasteiger partial charge in [0.15, 0.2) is 0 Å². The molecule has 0 radical (unpaired) electrons. The topological polar surface area (TPSA) is 74.5 Å². The maximum Gasteiger partial charge on any atom is 0.315 e. The molecule has 1 aromatic carbocycles. The molecule has 0 spiro atoms. The van der Waals surface area contributed by atoms with E-state index in [0.717, 1.165) is 5.56 Å². The number of rotatable bonds is 5. The molecule has 0 saturated carbocycles. The lowest BCUT2D eigenvalue weighted by atomic mass is 9.82. The van der Waals surface area contributed by atoms with E-state index in [2.05, 4.69) is 10.6 Å². The number of aliphatic hydroxyl groups excluding tert-OH is 1. The molecule has 3 N–H and O–H groups in total. The van der Waals surface area contributed by atoms with Gasteiger partial charge in [-0.2, -0.15) is 0 Å². The van der Waals surface area contributed by atoms with Crippen LogP contribution in [0.4, 0.5) is 9.18 Å². The Morgan fingerprint density at radius 1 is 1.25 bits per heavy atom. The minimum Gasteiger partial charge on any atom is -0.467 e. The first kappa shape index (κ1) is 18.0. The monoisotopic (exact) mass is 334 g/mol. The lowest BCUT2D eigenvalue weighted by Crippen LogP contribution is -2.43. The van der Waals surface area contributed by atoms with Crippen LogP contribution in [-0.2, 0) is 0 Å². The van der Waals surface area contributed by atoms with Gasteiger partial charge in [0, 0.05) is 0 Å². The van der Waals surface area contributed by atoms with Gasteiger partial charge in [-0.05, 0) is 35.2 Å². The predicted molar refractivity (Wildman–Crippen MR) is 88.8 cm³/mol. The van der Waals surface area contributed by atoms with E-state index < -0.39 is 12.1 Å². The summed E-state index contributed by atoms with van der Waals surface area (Å²) in [7, 11) is 0. The van der Waals surface area contributed by atoms with Crippen LogP contribution in [0.3, 0.4) is 0 Å². The van der Waals surface area contributed by atoms with E-state index in [-0.39, 0.29) is 23.8 Å². The van der Waals surface area contributed by atoms with Crippen molar-refractivity contribution in [2.45, 2.75) is 32.9 Å². The van der Waals surface area contributed by atoms with Gasteiger partial charge in [0.1, 0.15) is 17.7 Å². The van der Waals surface area contributed by atoms with Crippen molar-refractivity contribution in [2.24, 2.45) is 5.41 Å². The molecule has 0 aliphatic rings. The molecule has 2 rings (SSSR count). The average molecular weight is 334 g/mol. The molecule has 130 valence electrons. The molecule has 1 aromatic heterocycles. The smallest absolute Gasteiger partial charge is 0.315 e. The van der Waals surface area contributed by atoms with Gasteiger partial charge in [-0.25, -0.2) is 9.18 Å². The Balaban J connectivity index is 1.99. The average Bonchev–Trinajstić information content (AvgIpc) is 3.05. The Morgan fingerprint density at radius 2 is 1.92 bits per heavy atom. The quantitative estimate of drug-likeness (QED) is 0.783. The Bertz CT molecular complexity index is 648. The highest BCUT2D eigenvalue weighted by molar-refractivity contribution is 5.74. The van der Waals surface area contributed by atoms with Crippen LogP contribution in [0.1, 0.15) is 44.2 Å². The summed E-state index contributed by atoms with van der Waals surface area (Å²) in [6.07, 6.45) is 0.549. The number of benzene rings is 1. The zero-order valence-electron chi connectivity index (χ0n) is 14.0. The Labute approximate surface area is 140 Å². The number of halogens is 1. The maximum absolute atomic E-state index is 13.1. The Hall–Kier alpha value is -2.34. The maximum atomic E-state index is 13.1. The number of urea groups is 1. The van der Waals surface area contributed by atoms with Crippen LogP contribution in [0.15, 0.2) is 47.1 Å². The number of amides is 2. The second kappa shape index (κ2) is 7.49. The van der Waals surface area contributed by atoms with Crippen LogP contribution in [0.2, 0.25) is 0 Å². The molecule has 2 amide bonds. The van der Waals surface area contributed by atoms with Gasteiger partial charge in [-0.1, -0.05) is 32.9 Å². The van der Waals surface area contributed by atoms with Crippen LogP contribution in [-0.4, -0.2) is 17.7 Å². The van der Waals surface area contributed by atoms with Crippen molar-refractivity contribution in [3.05, 3.63) is 59.8 Å². The van der Waals surface area contributed by atoms with E-state index >= 15 is 0 Å². The van der Waals surface area contributed by atoms with E-state index in [4.69, 9.17) is 4.42 Å². The first-order valence-electron chi connectivity index (χ1n) is 7.78. The van der Waals surface area contributed by atoms with Crippen molar-refractivity contribution in [3.63, 3.8) is 0 Å².